The van der Waals surface area contributed by atoms with Crippen molar-refractivity contribution in [3.05, 3.63) is 29.0 Å². The van der Waals surface area contributed by atoms with E-state index in [0.717, 1.165) is 6.20 Å². The first-order valence-corrected chi connectivity index (χ1v) is 2.76. The van der Waals surface area contributed by atoms with Crippen molar-refractivity contribution in [1.82, 2.24) is 4.98 Å². The second kappa shape index (κ2) is 2.75. The van der Waals surface area contributed by atoms with Crippen molar-refractivity contribution in [1.29, 1.82) is 5.39 Å². The zero-order valence-corrected chi connectivity index (χ0v) is 5.39. The maximum atomic E-state index is 10.3. The maximum Gasteiger partial charge on any atom is 0.412 e. The van der Waals surface area contributed by atoms with Gasteiger partial charge in [0.15, 0.2) is 4.98 Å². The first kappa shape index (κ1) is 7.15. The molecule has 0 aliphatic rings. The molecule has 0 unspecified atom stereocenters. The van der Waals surface area contributed by atoms with Gasteiger partial charge in [0.25, 0.3) is 0 Å². The Labute approximate surface area is 61.9 Å². The number of carboxylic acid groups (broad SMARTS) is 1. The molecule has 0 aromatic carbocycles. The zero-order valence-electron chi connectivity index (χ0n) is 5.39. The molecule has 0 fully saturated rings. The third-order valence-corrected chi connectivity index (χ3v) is 1.13. The molecule has 0 atom stereocenters. The number of aromatic nitrogens is 1. The number of diazo groups is 1. The normalized spacial score (nSPS) is 8.64. The molecular formula is C6H3N3O2. The van der Waals surface area contributed by atoms with Gasteiger partial charge in [-0.1, -0.05) is 0 Å². The van der Waals surface area contributed by atoms with Crippen molar-refractivity contribution in [2.45, 2.75) is 0 Å². The third kappa shape index (κ3) is 1.30. The van der Waals surface area contributed by atoms with Gasteiger partial charge in [0, 0.05) is 6.20 Å². The van der Waals surface area contributed by atoms with Crippen molar-refractivity contribution in [3.8, 4) is 0 Å². The van der Waals surface area contributed by atoms with E-state index >= 15 is 0 Å². The van der Waals surface area contributed by atoms with Crippen molar-refractivity contribution in [2.24, 2.45) is 0 Å². The smallest absolute Gasteiger partial charge is 0.412 e. The Morgan fingerprint density at radius 3 is 2.91 bits per heavy atom. The molecule has 0 saturated heterocycles. The number of rotatable bonds is 1. The summed E-state index contributed by atoms with van der Waals surface area (Å²) in [6.07, 6.45) is 2.41. The largest absolute Gasteiger partial charge is 0.545 e. The Morgan fingerprint density at radius 2 is 2.45 bits per heavy atom. The molecule has 0 amide bonds. The molecule has 1 aromatic rings. The monoisotopic (exact) mass is 149 g/mol. The van der Waals surface area contributed by atoms with Gasteiger partial charge >= 0.3 is 5.69 Å². The van der Waals surface area contributed by atoms with Gasteiger partial charge in [-0.15, -0.1) is 0 Å². The zero-order chi connectivity index (χ0) is 8.27. The Hall–Kier alpha value is -1.96. The molecule has 0 saturated carbocycles. The van der Waals surface area contributed by atoms with E-state index in [-0.39, 0.29) is 11.3 Å². The Balaban J connectivity index is 3.26. The van der Waals surface area contributed by atoms with Crippen LogP contribution in [0.3, 0.4) is 0 Å². The number of carbonyl (C=O) groups is 1. The highest BCUT2D eigenvalue weighted by Gasteiger charge is 2.12. The lowest BCUT2D eigenvalue weighted by Crippen LogP contribution is -2.22. The minimum absolute atomic E-state index is 0.104. The van der Waals surface area contributed by atoms with Crippen LogP contribution >= 0.6 is 0 Å². The Morgan fingerprint density at radius 1 is 1.73 bits per heavy atom. The fourth-order valence-electron chi connectivity index (χ4n) is 0.638. The van der Waals surface area contributed by atoms with Gasteiger partial charge in [-0.2, -0.15) is 0 Å². The lowest BCUT2D eigenvalue weighted by molar-refractivity contribution is -0.254. The summed E-state index contributed by atoms with van der Waals surface area (Å²) in [5.74, 6) is -1.39. The number of pyridine rings is 1. The minimum Gasteiger partial charge on any atom is -0.545 e. The average molecular weight is 149 g/mol. The standard InChI is InChI=1S/C6H3N3O2/c7-9-5-3-8-2-1-4(5)6(10)11/h1-3H. The molecule has 0 radical (unpaired) electrons. The lowest BCUT2D eigenvalue weighted by atomic mass is 10.2. The quantitative estimate of drug-likeness (QED) is 0.523. The highest BCUT2D eigenvalue weighted by Crippen LogP contribution is 2.14. The van der Waals surface area contributed by atoms with Crippen molar-refractivity contribution < 1.29 is 9.90 Å². The number of nitrogens with zero attached hydrogens (tertiary/aromatic N) is 3. The summed E-state index contributed by atoms with van der Waals surface area (Å²) in [6.45, 7) is 0. The van der Waals surface area contributed by atoms with E-state index in [1.54, 1.807) is 0 Å². The van der Waals surface area contributed by atoms with E-state index in [0.29, 0.717) is 0 Å². The van der Waals surface area contributed by atoms with Gasteiger partial charge in [0.2, 0.25) is 5.39 Å². The van der Waals surface area contributed by atoms with E-state index in [1.165, 1.54) is 12.3 Å². The van der Waals surface area contributed by atoms with Crippen LogP contribution in [0.15, 0.2) is 18.5 Å². The second-order valence-corrected chi connectivity index (χ2v) is 1.78. The van der Waals surface area contributed by atoms with E-state index in [1.807, 2.05) is 0 Å². The van der Waals surface area contributed by atoms with Gasteiger partial charge < -0.3 is 9.90 Å². The predicted octanol–water partition coefficient (Wildman–Crippen LogP) is -0.0703. The number of aromatic carboxylic acids is 1. The Bertz CT molecular complexity index is 329. The van der Waals surface area contributed by atoms with Crippen LogP contribution in [0.4, 0.5) is 5.69 Å². The van der Waals surface area contributed by atoms with Gasteiger partial charge in [-0.05, 0) is 6.07 Å². The number of hydrogen-bond acceptors (Lipinski definition) is 4. The fourth-order valence-corrected chi connectivity index (χ4v) is 0.638. The summed E-state index contributed by atoms with van der Waals surface area (Å²) < 4.78 is 0. The van der Waals surface area contributed by atoms with Gasteiger partial charge in [0.1, 0.15) is 6.20 Å². The summed E-state index contributed by atoms with van der Waals surface area (Å²) in [6, 6.07) is 1.20. The molecule has 1 rings (SSSR count). The van der Waals surface area contributed by atoms with Crippen molar-refractivity contribution >= 4 is 11.7 Å². The van der Waals surface area contributed by atoms with Crippen LogP contribution in [0, 0.1) is 5.39 Å². The second-order valence-electron chi connectivity index (χ2n) is 1.78. The molecule has 1 aromatic heterocycles. The molecule has 1 heterocycles. The van der Waals surface area contributed by atoms with Gasteiger partial charge in [-0.25, -0.2) is 0 Å². The Kier molecular flexibility index (Phi) is 1.79. The molecule has 0 bridgehead atoms. The molecule has 54 valence electrons. The SMILES string of the molecule is N#[N+]c1cnccc1C(=O)[O-]. The molecule has 5 heteroatoms. The van der Waals surface area contributed by atoms with E-state index in [4.69, 9.17) is 5.39 Å². The molecule has 11 heavy (non-hydrogen) atoms. The molecular weight excluding hydrogens is 146 g/mol. The van der Waals surface area contributed by atoms with Crippen molar-refractivity contribution in [2.75, 3.05) is 0 Å². The topological polar surface area (TPSA) is 81.2 Å². The van der Waals surface area contributed by atoms with Crippen LogP contribution in [0.5, 0.6) is 0 Å². The van der Waals surface area contributed by atoms with Gasteiger partial charge in [0.05, 0.1) is 11.5 Å². The van der Waals surface area contributed by atoms with Crippen LogP contribution < -0.4 is 5.11 Å². The van der Waals surface area contributed by atoms with E-state index in [2.05, 4.69) is 9.96 Å². The molecule has 0 N–H and O–H groups in total. The summed E-state index contributed by atoms with van der Waals surface area (Å²) in [5.41, 5.74) is -0.282. The molecule has 0 aliphatic heterocycles. The van der Waals surface area contributed by atoms with Crippen LogP contribution in [-0.4, -0.2) is 11.0 Å². The number of carbonyl (C=O) groups excluding carboxylic acids is 1. The molecule has 0 spiro atoms. The summed E-state index contributed by atoms with van der Waals surface area (Å²) in [5, 5.41) is 18.5. The first-order valence-electron chi connectivity index (χ1n) is 2.76. The number of hydrogen-bond donors (Lipinski definition) is 0. The van der Waals surface area contributed by atoms with Crippen LogP contribution in [0.1, 0.15) is 10.4 Å². The van der Waals surface area contributed by atoms with Crippen LogP contribution in [0.25, 0.3) is 4.98 Å². The fraction of sp³-hybridized carbons (Fsp3) is 0. The summed E-state index contributed by atoms with van der Waals surface area (Å²) in [4.78, 5) is 16.5. The van der Waals surface area contributed by atoms with E-state index < -0.39 is 5.97 Å². The highest BCUT2D eigenvalue weighted by molar-refractivity contribution is 5.92. The van der Waals surface area contributed by atoms with Crippen LogP contribution in [0.2, 0.25) is 0 Å². The third-order valence-electron chi connectivity index (χ3n) is 1.13. The predicted molar refractivity (Wildman–Crippen MR) is 33.3 cm³/mol. The molecule has 0 aliphatic carbocycles. The summed E-state index contributed by atoms with van der Waals surface area (Å²) >= 11 is 0. The van der Waals surface area contributed by atoms with Gasteiger partial charge in [-0.3, -0.25) is 4.98 Å². The van der Waals surface area contributed by atoms with Crippen LogP contribution in [-0.2, 0) is 0 Å². The summed E-state index contributed by atoms with van der Waals surface area (Å²) in [7, 11) is 0. The maximum absolute atomic E-state index is 10.3. The minimum atomic E-state index is -1.39. The van der Waals surface area contributed by atoms with E-state index in [9.17, 15) is 9.90 Å². The number of carboxylic acids is 1. The highest BCUT2D eigenvalue weighted by atomic mass is 16.4. The molecule has 5 nitrogen and oxygen atoms in total. The lowest BCUT2D eigenvalue weighted by Gasteiger charge is -1.94. The van der Waals surface area contributed by atoms with Crippen molar-refractivity contribution in [3.63, 3.8) is 0 Å². The first-order chi connectivity index (χ1) is 5.25. The average Bonchev–Trinajstić information content (AvgIpc) is 2.04.